The highest BCUT2D eigenvalue weighted by Gasteiger charge is 2.17. The molecule has 1 N–H and O–H groups in total. The molecule has 0 saturated carbocycles. The van der Waals surface area contributed by atoms with Crippen molar-refractivity contribution in [3.8, 4) is 17.2 Å². The largest absolute Gasteiger partial charge is 0.493 e. The van der Waals surface area contributed by atoms with Crippen LogP contribution in [0.3, 0.4) is 0 Å². The molecule has 0 radical (unpaired) electrons. The highest BCUT2D eigenvalue weighted by molar-refractivity contribution is 6.06. The third kappa shape index (κ3) is 4.15. The van der Waals surface area contributed by atoms with Crippen LogP contribution >= 0.6 is 0 Å². The van der Waals surface area contributed by atoms with E-state index in [0.29, 0.717) is 28.4 Å². The molecule has 3 rings (SSSR count). The third-order valence-corrected chi connectivity index (χ3v) is 4.01. The minimum Gasteiger partial charge on any atom is -0.493 e. The summed E-state index contributed by atoms with van der Waals surface area (Å²) >= 11 is 0. The number of nitrogens with one attached hydrogen (secondary N) is 1. The molecule has 0 aliphatic rings. The van der Waals surface area contributed by atoms with Crippen LogP contribution in [0.5, 0.6) is 11.5 Å². The Morgan fingerprint density at radius 3 is 2.38 bits per heavy atom. The van der Waals surface area contributed by atoms with Crippen LogP contribution in [0.25, 0.3) is 5.69 Å². The topological polar surface area (TPSA) is 111 Å². The summed E-state index contributed by atoms with van der Waals surface area (Å²) in [6.07, 6.45) is 0. The smallest absolute Gasteiger partial charge is 0.294 e. The molecule has 10 heteroatoms. The van der Waals surface area contributed by atoms with Gasteiger partial charge in [-0.05, 0) is 41.6 Å². The summed E-state index contributed by atoms with van der Waals surface area (Å²) in [4.78, 5) is 27.1. The first-order valence-corrected chi connectivity index (χ1v) is 8.59. The molecule has 29 heavy (non-hydrogen) atoms. The van der Waals surface area contributed by atoms with E-state index in [9.17, 15) is 9.59 Å². The van der Waals surface area contributed by atoms with E-state index in [2.05, 4.69) is 20.7 Å². The molecule has 10 nitrogen and oxygen atoms in total. The van der Waals surface area contributed by atoms with E-state index in [-0.39, 0.29) is 17.6 Å². The van der Waals surface area contributed by atoms with Crippen molar-refractivity contribution in [2.75, 3.05) is 33.6 Å². The quantitative estimate of drug-likeness (QED) is 0.674. The van der Waals surface area contributed by atoms with Gasteiger partial charge in [-0.2, -0.15) is 0 Å². The second kappa shape index (κ2) is 8.38. The van der Waals surface area contributed by atoms with Crippen LogP contribution in [0.2, 0.25) is 0 Å². The number of hydrogen-bond acceptors (Lipinski definition) is 7. The van der Waals surface area contributed by atoms with E-state index < -0.39 is 0 Å². The van der Waals surface area contributed by atoms with Gasteiger partial charge < -0.3 is 19.7 Å². The molecule has 0 aliphatic carbocycles. The van der Waals surface area contributed by atoms with E-state index in [1.54, 1.807) is 56.6 Å². The number of carbonyl (C=O) groups is 2. The number of methoxy groups -OCH3 is 2. The maximum atomic E-state index is 12.6. The Morgan fingerprint density at radius 2 is 1.76 bits per heavy atom. The Hall–Kier alpha value is -3.95. The molecule has 0 atom stereocenters. The maximum absolute atomic E-state index is 12.6. The van der Waals surface area contributed by atoms with Crippen LogP contribution in [0.15, 0.2) is 42.5 Å². The first kappa shape index (κ1) is 19.8. The summed E-state index contributed by atoms with van der Waals surface area (Å²) in [5, 5.41) is 14.5. The number of aromatic nitrogens is 4. The zero-order chi connectivity index (χ0) is 21.0. The maximum Gasteiger partial charge on any atom is 0.294 e. The standard InChI is InChI=1S/C19H20N6O4/c1-24(2)19(27)17-21-23-25(22-17)13-10-8-12(9-11-13)20-18(26)14-6-5-7-15(28-3)16(14)29-4/h5-11H,1-4H3,(H,20,26). The Morgan fingerprint density at radius 1 is 1.03 bits per heavy atom. The van der Waals surface area contributed by atoms with Crippen LogP contribution in [0.4, 0.5) is 5.69 Å². The molecule has 0 bridgehead atoms. The summed E-state index contributed by atoms with van der Waals surface area (Å²) in [6, 6.07) is 11.8. The normalized spacial score (nSPS) is 10.3. The van der Waals surface area contributed by atoms with Gasteiger partial charge in [-0.3, -0.25) is 9.59 Å². The van der Waals surface area contributed by atoms with Crippen molar-refractivity contribution in [2.45, 2.75) is 0 Å². The van der Waals surface area contributed by atoms with Crippen molar-refractivity contribution in [1.82, 2.24) is 25.1 Å². The molecular formula is C19H20N6O4. The highest BCUT2D eigenvalue weighted by Crippen LogP contribution is 2.31. The fourth-order valence-electron chi connectivity index (χ4n) is 2.55. The fraction of sp³-hybridized carbons (Fsp3) is 0.211. The lowest BCUT2D eigenvalue weighted by atomic mass is 10.1. The molecule has 0 unspecified atom stereocenters. The second-order valence-corrected chi connectivity index (χ2v) is 6.14. The number of tetrazole rings is 1. The molecule has 1 heterocycles. The lowest BCUT2D eigenvalue weighted by molar-refractivity contribution is 0.0815. The Kier molecular flexibility index (Phi) is 5.72. The molecule has 1 aromatic heterocycles. The zero-order valence-electron chi connectivity index (χ0n) is 16.4. The first-order valence-electron chi connectivity index (χ1n) is 8.59. The molecular weight excluding hydrogens is 376 g/mol. The van der Waals surface area contributed by atoms with Crippen molar-refractivity contribution in [1.29, 1.82) is 0 Å². The van der Waals surface area contributed by atoms with Crippen molar-refractivity contribution < 1.29 is 19.1 Å². The van der Waals surface area contributed by atoms with Crippen molar-refractivity contribution in [3.63, 3.8) is 0 Å². The number of amides is 2. The Labute approximate surface area is 167 Å². The van der Waals surface area contributed by atoms with Gasteiger partial charge in [0.15, 0.2) is 11.5 Å². The summed E-state index contributed by atoms with van der Waals surface area (Å²) in [5.74, 6) is 0.140. The molecule has 0 fully saturated rings. The average molecular weight is 396 g/mol. The number of ether oxygens (including phenoxy) is 2. The third-order valence-electron chi connectivity index (χ3n) is 4.01. The molecule has 3 aromatic rings. The van der Waals surface area contributed by atoms with Gasteiger partial charge in [0.2, 0.25) is 0 Å². The number of nitrogens with zero attached hydrogens (tertiary/aromatic N) is 5. The minimum absolute atomic E-state index is 0.00232. The SMILES string of the molecule is COc1cccc(C(=O)Nc2ccc(-n3nnc(C(=O)N(C)C)n3)cc2)c1OC. The van der Waals surface area contributed by atoms with E-state index in [1.165, 1.54) is 23.9 Å². The van der Waals surface area contributed by atoms with Gasteiger partial charge in [0.1, 0.15) is 0 Å². The van der Waals surface area contributed by atoms with Crippen LogP contribution in [-0.2, 0) is 0 Å². The first-order chi connectivity index (χ1) is 13.9. The zero-order valence-corrected chi connectivity index (χ0v) is 16.4. The van der Waals surface area contributed by atoms with E-state index in [0.717, 1.165) is 0 Å². The Balaban J connectivity index is 1.76. The van der Waals surface area contributed by atoms with Crippen molar-refractivity contribution in [2.24, 2.45) is 0 Å². The highest BCUT2D eigenvalue weighted by atomic mass is 16.5. The van der Waals surface area contributed by atoms with Crippen LogP contribution in [-0.4, -0.2) is 65.2 Å². The van der Waals surface area contributed by atoms with E-state index in [4.69, 9.17) is 9.47 Å². The lowest BCUT2D eigenvalue weighted by Crippen LogP contribution is -2.23. The summed E-state index contributed by atoms with van der Waals surface area (Å²) in [6.45, 7) is 0. The second-order valence-electron chi connectivity index (χ2n) is 6.14. The molecule has 150 valence electrons. The molecule has 0 saturated heterocycles. The van der Waals surface area contributed by atoms with E-state index in [1.807, 2.05) is 0 Å². The summed E-state index contributed by atoms with van der Waals surface area (Å²) < 4.78 is 10.5. The average Bonchev–Trinajstić information content (AvgIpc) is 3.23. The lowest BCUT2D eigenvalue weighted by Gasteiger charge is -2.12. The van der Waals surface area contributed by atoms with Crippen LogP contribution < -0.4 is 14.8 Å². The number of anilines is 1. The number of benzene rings is 2. The monoisotopic (exact) mass is 396 g/mol. The predicted molar refractivity (Wildman–Crippen MR) is 105 cm³/mol. The molecule has 0 spiro atoms. The molecule has 2 aromatic carbocycles. The molecule has 0 aliphatic heterocycles. The van der Waals surface area contributed by atoms with E-state index >= 15 is 0 Å². The van der Waals surface area contributed by atoms with Gasteiger partial charge in [-0.25, -0.2) is 0 Å². The van der Waals surface area contributed by atoms with Gasteiger partial charge >= 0.3 is 0 Å². The van der Waals surface area contributed by atoms with Gasteiger partial charge in [0.05, 0.1) is 25.5 Å². The van der Waals surface area contributed by atoms with Crippen molar-refractivity contribution in [3.05, 3.63) is 53.9 Å². The van der Waals surface area contributed by atoms with Gasteiger partial charge in [0.25, 0.3) is 17.6 Å². The summed E-state index contributed by atoms with van der Waals surface area (Å²) in [7, 11) is 6.20. The van der Waals surface area contributed by atoms with Gasteiger partial charge in [-0.15, -0.1) is 15.0 Å². The van der Waals surface area contributed by atoms with Crippen LogP contribution in [0, 0.1) is 0 Å². The number of rotatable bonds is 6. The van der Waals surface area contributed by atoms with Gasteiger partial charge in [-0.1, -0.05) is 6.07 Å². The fourth-order valence-corrected chi connectivity index (χ4v) is 2.55. The van der Waals surface area contributed by atoms with Gasteiger partial charge in [0, 0.05) is 19.8 Å². The number of carbonyl (C=O) groups excluding carboxylic acids is 2. The number of hydrogen-bond donors (Lipinski definition) is 1. The van der Waals surface area contributed by atoms with Crippen molar-refractivity contribution >= 4 is 17.5 Å². The summed E-state index contributed by atoms with van der Waals surface area (Å²) in [5.41, 5.74) is 1.50. The minimum atomic E-state index is -0.341. The molecule has 2 amide bonds. The number of para-hydroxylation sites is 1. The Bertz CT molecular complexity index is 1030. The van der Waals surface area contributed by atoms with Crippen LogP contribution in [0.1, 0.15) is 21.0 Å². The predicted octanol–water partition coefficient (Wildman–Crippen LogP) is 1.63.